The van der Waals surface area contributed by atoms with Gasteiger partial charge in [0.25, 0.3) is 0 Å². The maximum Gasteiger partial charge on any atom is 0.129 e. The average Bonchev–Trinajstić information content (AvgIpc) is 3.80. The molecule has 0 bridgehead atoms. The summed E-state index contributed by atoms with van der Waals surface area (Å²) >= 11 is 0. The molecule has 0 spiro atoms. The number of pyridine rings is 1. The number of anilines is 1. The van der Waals surface area contributed by atoms with Crippen LogP contribution in [-0.4, -0.2) is 20.8 Å². The van der Waals surface area contributed by atoms with Gasteiger partial charge in [-0.1, -0.05) is 93.6 Å². The Bertz CT molecular complexity index is 2460. The number of nitrogens with zero attached hydrogens (tertiary/aromatic N) is 4. The quantitative estimate of drug-likeness (QED) is 0.216. The Morgan fingerprint density at radius 3 is 1.81 bits per heavy atom. The molecule has 0 atom stereocenters. The van der Waals surface area contributed by atoms with Crippen molar-refractivity contribution in [2.45, 2.75) is 26.2 Å². The van der Waals surface area contributed by atoms with Gasteiger partial charge in [0.1, 0.15) is 5.82 Å². The first-order chi connectivity index (χ1) is 22.9. The largest absolute Gasteiger partial charge is 0.352 e. The number of fused-ring (bicyclic) bond motifs is 6. The molecule has 8 aromatic rings. The minimum absolute atomic E-state index is 0.0465. The summed E-state index contributed by atoms with van der Waals surface area (Å²) < 4.78 is 4.78. The van der Waals surface area contributed by atoms with Crippen LogP contribution in [-0.2, 0) is 5.41 Å². The summed E-state index contributed by atoms with van der Waals surface area (Å²) in [6, 6.07) is 45.9. The maximum atomic E-state index is 4.66. The molecule has 0 fully saturated rings. The van der Waals surface area contributed by atoms with Crippen LogP contribution in [0.15, 0.2) is 140 Å². The second kappa shape index (κ2) is 10.4. The predicted octanol–water partition coefficient (Wildman–Crippen LogP) is 10.1. The molecule has 0 saturated heterocycles. The van der Waals surface area contributed by atoms with Gasteiger partial charge in [-0.15, -0.1) is 0 Å². The van der Waals surface area contributed by atoms with Crippen LogP contribution in [0.5, 0.6) is 0 Å². The van der Waals surface area contributed by atoms with Crippen LogP contribution < -0.4 is 10.2 Å². The number of hydrogen-bond donors (Lipinski definition) is 1. The first kappa shape index (κ1) is 27.5. The number of hydrogen-bond acceptors (Lipinski definition) is 3. The Kier molecular flexibility index (Phi) is 6.06. The van der Waals surface area contributed by atoms with Crippen LogP contribution in [0, 0.1) is 0 Å². The summed E-state index contributed by atoms with van der Waals surface area (Å²) in [7, 11) is 0. The van der Waals surface area contributed by atoms with E-state index in [0.717, 1.165) is 28.5 Å². The SMILES string of the molecule is CC(C)(C)c1cc(N2C=C(n3c4ccccc4c4ccccc43)NC2)cc(-n2c3ccccc3c3ccc(-c4ccccn4)cc32)c1. The smallest absolute Gasteiger partial charge is 0.129 e. The highest BCUT2D eigenvalue weighted by atomic mass is 15.3. The molecular weight excluding hydrogens is 574 g/mol. The van der Waals surface area contributed by atoms with E-state index in [4.69, 9.17) is 0 Å². The average molecular weight is 610 g/mol. The molecule has 1 aliphatic rings. The Morgan fingerprint density at radius 1 is 0.574 bits per heavy atom. The van der Waals surface area contributed by atoms with Gasteiger partial charge in [-0.3, -0.25) is 9.55 Å². The van der Waals surface area contributed by atoms with E-state index >= 15 is 0 Å². The van der Waals surface area contributed by atoms with E-state index in [9.17, 15) is 0 Å². The molecule has 1 aliphatic heterocycles. The zero-order valence-corrected chi connectivity index (χ0v) is 26.8. The molecule has 0 amide bonds. The molecule has 0 radical (unpaired) electrons. The lowest BCUT2D eigenvalue weighted by molar-refractivity contribution is 0.590. The molecule has 47 heavy (non-hydrogen) atoms. The number of rotatable bonds is 4. The first-order valence-corrected chi connectivity index (χ1v) is 16.3. The van der Waals surface area contributed by atoms with Crippen LogP contribution in [0.2, 0.25) is 0 Å². The molecule has 228 valence electrons. The van der Waals surface area contributed by atoms with Gasteiger partial charge in [-0.25, -0.2) is 0 Å². The lowest BCUT2D eigenvalue weighted by Gasteiger charge is -2.24. The van der Waals surface area contributed by atoms with Gasteiger partial charge < -0.3 is 14.8 Å². The summed E-state index contributed by atoms with van der Waals surface area (Å²) in [5.41, 5.74) is 10.4. The monoisotopic (exact) mass is 609 g/mol. The zero-order chi connectivity index (χ0) is 31.7. The summed E-state index contributed by atoms with van der Waals surface area (Å²) in [4.78, 5) is 7.00. The third kappa shape index (κ3) is 4.42. The van der Waals surface area contributed by atoms with Crippen molar-refractivity contribution in [3.63, 3.8) is 0 Å². The van der Waals surface area contributed by atoms with Gasteiger partial charge in [0.05, 0.1) is 34.4 Å². The fraction of sp³-hybridized carbons (Fsp3) is 0.119. The van der Waals surface area contributed by atoms with Crippen molar-refractivity contribution in [3.05, 3.63) is 145 Å². The van der Waals surface area contributed by atoms with E-state index in [0.29, 0.717) is 6.67 Å². The highest BCUT2D eigenvalue weighted by Gasteiger charge is 2.23. The van der Waals surface area contributed by atoms with Crippen molar-refractivity contribution in [1.82, 2.24) is 19.4 Å². The minimum atomic E-state index is -0.0465. The van der Waals surface area contributed by atoms with Crippen molar-refractivity contribution in [3.8, 4) is 16.9 Å². The van der Waals surface area contributed by atoms with Crippen LogP contribution in [0.4, 0.5) is 5.69 Å². The topological polar surface area (TPSA) is 38.0 Å². The molecule has 5 heteroatoms. The Morgan fingerprint density at radius 2 is 1.17 bits per heavy atom. The first-order valence-electron chi connectivity index (χ1n) is 16.3. The molecule has 3 aromatic heterocycles. The summed E-state index contributed by atoms with van der Waals surface area (Å²) in [5.74, 6) is 1.07. The van der Waals surface area contributed by atoms with Gasteiger partial charge in [-0.2, -0.15) is 0 Å². The Balaban J connectivity index is 1.24. The maximum absolute atomic E-state index is 4.66. The lowest BCUT2D eigenvalue weighted by atomic mass is 9.86. The minimum Gasteiger partial charge on any atom is -0.352 e. The third-order valence-electron chi connectivity index (χ3n) is 9.52. The van der Waals surface area contributed by atoms with E-state index in [2.05, 4.69) is 167 Å². The van der Waals surface area contributed by atoms with Gasteiger partial charge in [0.15, 0.2) is 0 Å². The number of nitrogens with one attached hydrogen (secondary N) is 1. The van der Waals surface area contributed by atoms with Crippen LogP contribution in [0.25, 0.3) is 66.4 Å². The highest BCUT2D eigenvalue weighted by molar-refractivity contribution is 6.11. The Hall–Kier alpha value is -5.81. The van der Waals surface area contributed by atoms with Crippen LogP contribution in [0.1, 0.15) is 26.3 Å². The van der Waals surface area contributed by atoms with E-state index in [1.54, 1.807) is 0 Å². The van der Waals surface area contributed by atoms with Crippen LogP contribution >= 0.6 is 0 Å². The molecule has 0 unspecified atom stereocenters. The highest BCUT2D eigenvalue weighted by Crippen LogP contribution is 2.38. The zero-order valence-electron chi connectivity index (χ0n) is 26.8. The molecule has 5 aromatic carbocycles. The fourth-order valence-electron chi connectivity index (χ4n) is 7.15. The fourth-order valence-corrected chi connectivity index (χ4v) is 7.15. The van der Waals surface area contributed by atoms with E-state index in [-0.39, 0.29) is 5.41 Å². The van der Waals surface area contributed by atoms with E-state index in [1.165, 1.54) is 49.2 Å². The second-order valence-corrected chi connectivity index (χ2v) is 13.5. The van der Waals surface area contributed by atoms with E-state index < -0.39 is 0 Å². The molecule has 5 nitrogen and oxygen atoms in total. The summed E-state index contributed by atoms with van der Waals surface area (Å²) in [5, 5.41) is 8.73. The number of para-hydroxylation sites is 3. The van der Waals surface area contributed by atoms with Crippen molar-refractivity contribution in [1.29, 1.82) is 0 Å². The van der Waals surface area contributed by atoms with Gasteiger partial charge in [-0.05, 0) is 65.6 Å². The molecule has 4 heterocycles. The van der Waals surface area contributed by atoms with Gasteiger partial charge in [0, 0.05) is 50.9 Å². The summed E-state index contributed by atoms with van der Waals surface area (Å²) in [6.07, 6.45) is 4.12. The standard InChI is InChI=1S/C42H35N5/c1-42(2,3)29-23-30(45-26-41(44-27-45)47-38-17-8-5-12-32(38)33-13-6-9-18-39(33)47)25-31(24-29)46-37-16-7-4-14-34(37)35-20-19-28(22-40(35)46)36-15-10-11-21-43-36/h4-26,44H,27H2,1-3H3. The van der Waals surface area contributed by atoms with Crippen LogP contribution in [0.3, 0.4) is 0 Å². The van der Waals surface area contributed by atoms with E-state index in [1.807, 2.05) is 18.3 Å². The van der Waals surface area contributed by atoms with Crippen molar-refractivity contribution >= 4 is 55.1 Å². The van der Waals surface area contributed by atoms with Gasteiger partial charge >= 0.3 is 0 Å². The predicted molar refractivity (Wildman–Crippen MR) is 197 cm³/mol. The Labute approximate surface area is 274 Å². The normalized spacial score (nSPS) is 13.6. The molecular formula is C42H35N5. The van der Waals surface area contributed by atoms with Gasteiger partial charge in [0.2, 0.25) is 0 Å². The molecule has 9 rings (SSSR count). The third-order valence-corrected chi connectivity index (χ3v) is 9.52. The molecule has 0 aliphatic carbocycles. The lowest BCUT2D eigenvalue weighted by Crippen LogP contribution is -2.22. The summed E-state index contributed by atoms with van der Waals surface area (Å²) in [6.45, 7) is 7.56. The second-order valence-electron chi connectivity index (χ2n) is 13.5. The number of aromatic nitrogens is 3. The molecule has 1 N–H and O–H groups in total. The van der Waals surface area contributed by atoms with Crippen molar-refractivity contribution < 1.29 is 0 Å². The van der Waals surface area contributed by atoms with Crippen molar-refractivity contribution in [2.75, 3.05) is 11.6 Å². The molecule has 0 saturated carbocycles. The van der Waals surface area contributed by atoms with Crippen molar-refractivity contribution in [2.24, 2.45) is 0 Å². The number of benzene rings is 5.